The lowest BCUT2D eigenvalue weighted by Gasteiger charge is -2.11. The summed E-state index contributed by atoms with van der Waals surface area (Å²) in [7, 11) is 1.65. The summed E-state index contributed by atoms with van der Waals surface area (Å²) in [6.07, 6.45) is 4.64. The highest BCUT2D eigenvalue weighted by molar-refractivity contribution is 5.89. The number of rotatable bonds is 6. The number of carbonyl (C=O) groups is 1. The van der Waals surface area contributed by atoms with Crippen molar-refractivity contribution in [2.24, 2.45) is 0 Å². The molecule has 0 aliphatic carbocycles. The van der Waals surface area contributed by atoms with Crippen molar-refractivity contribution in [3.05, 3.63) is 78.6 Å². The third kappa shape index (κ3) is 4.41. The van der Waals surface area contributed by atoms with Gasteiger partial charge in [0.2, 0.25) is 0 Å². The topological polar surface area (TPSA) is 55.3 Å². The van der Waals surface area contributed by atoms with Crippen LogP contribution in [-0.2, 0) is 6.42 Å². The highest BCUT2D eigenvalue weighted by atomic mass is 16.5. The smallest absolute Gasteiger partial charge is 0.319 e. The Morgan fingerprint density at radius 1 is 1.04 bits per heavy atom. The summed E-state index contributed by atoms with van der Waals surface area (Å²) in [6.45, 7) is 0.531. The van der Waals surface area contributed by atoms with Crippen LogP contribution in [0.15, 0.2) is 73.1 Å². The van der Waals surface area contributed by atoms with E-state index in [4.69, 9.17) is 4.74 Å². The maximum atomic E-state index is 12.1. The highest BCUT2D eigenvalue weighted by Gasteiger charge is 2.05. The van der Waals surface area contributed by atoms with E-state index in [0.29, 0.717) is 13.0 Å². The van der Waals surface area contributed by atoms with Crippen molar-refractivity contribution in [3.8, 4) is 11.4 Å². The van der Waals surface area contributed by atoms with Crippen LogP contribution in [0.5, 0.6) is 5.75 Å². The number of methoxy groups -OCH3 is 1. The molecular weight excluding hydrogens is 314 g/mol. The number of hydrogen-bond acceptors (Lipinski definition) is 2. The van der Waals surface area contributed by atoms with Gasteiger partial charge in [0.1, 0.15) is 5.75 Å². The first-order valence-corrected chi connectivity index (χ1v) is 8.16. The quantitative estimate of drug-likeness (QED) is 0.719. The van der Waals surface area contributed by atoms with Gasteiger partial charge < -0.3 is 19.9 Å². The lowest BCUT2D eigenvalue weighted by molar-refractivity contribution is 0.252. The van der Waals surface area contributed by atoms with Crippen LogP contribution in [0.2, 0.25) is 0 Å². The molecule has 3 aromatic rings. The van der Waals surface area contributed by atoms with Crippen LogP contribution in [0.25, 0.3) is 5.69 Å². The zero-order chi connectivity index (χ0) is 17.5. The fraction of sp³-hybridized carbons (Fsp3) is 0.150. The molecule has 2 aromatic carbocycles. The number of aromatic nitrogens is 1. The van der Waals surface area contributed by atoms with E-state index in [2.05, 4.69) is 10.6 Å². The van der Waals surface area contributed by atoms with Gasteiger partial charge >= 0.3 is 6.03 Å². The molecule has 128 valence electrons. The summed E-state index contributed by atoms with van der Waals surface area (Å²) < 4.78 is 7.31. The van der Waals surface area contributed by atoms with Crippen molar-refractivity contribution in [2.45, 2.75) is 6.42 Å². The molecule has 5 nitrogen and oxygen atoms in total. The monoisotopic (exact) mass is 335 g/mol. The van der Waals surface area contributed by atoms with Gasteiger partial charge in [0.25, 0.3) is 0 Å². The molecule has 0 fully saturated rings. The number of hydrogen-bond donors (Lipinski definition) is 2. The third-order valence-corrected chi connectivity index (χ3v) is 3.88. The van der Waals surface area contributed by atoms with Crippen molar-refractivity contribution in [1.29, 1.82) is 0 Å². The number of nitrogens with one attached hydrogen (secondary N) is 2. The molecule has 0 radical (unpaired) electrons. The normalized spacial score (nSPS) is 10.3. The van der Waals surface area contributed by atoms with Gasteiger partial charge in [-0.2, -0.15) is 0 Å². The molecular formula is C20H21N3O2. The number of benzene rings is 2. The van der Waals surface area contributed by atoms with E-state index in [-0.39, 0.29) is 6.03 Å². The highest BCUT2D eigenvalue weighted by Crippen LogP contribution is 2.17. The Balaban J connectivity index is 1.54. The Hall–Kier alpha value is -3.21. The molecule has 3 rings (SSSR count). The molecule has 1 heterocycles. The van der Waals surface area contributed by atoms with Crippen LogP contribution in [0.1, 0.15) is 5.56 Å². The second kappa shape index (κ2) is 8.06. The summed E-state index contributed by atoms with van der Waals surface area (Å²) in [5.41, 5.74) is 2.82. The third-order valence-electron chi connectivity index (χ3n) is 3.88. The molecule has 1 aromatic heterocycles. The maximum absolute atomic E-state index is 12.1. The second-order valence-electron chi connectivity index (χ2n) is 5.58. The van der Waals surface area contributed by atoms with Gasteiger partial charge in [0.05, 0.1) is 7.11 Å². The summed E-state index contributed by atoms with van der Waals surface area (Å²) in [6, 6.07) is 19.2. The zero-order valence-corrected chi connectivity index (χ0v) is 14.1. The van der Waals surface area contributed by atoms with Gasteiger partial charge in [-0.15, -0.1) is 0 Å². The van der Waals surface area contributed by atoms with Gasteiger partial charge in [-0.05, 0) is 48.4 Å². The summed E-state index contributed by atoms with van der Waals surface area (Å²) in [5.74, 6) is 0.837. The van der Waals surface area contributed by atoms with Crippen molar-refractivity contribution < 1.29 is 9.53 Å². The molecule has 0 aliphatic heterocycles. The van der Waals surface area contributed by atoms with Crippen LogP contribution in [0.3, 0.4) is 0 Å². The average molecular weight is 335 g/mol. The van der Waals surface area contributed by atoms with Crippen molar-refractivity contribution >= 4 is 11.7 Å². The van der Waals surface area contributed by atoms with Gasteiger partial charge in [-0.1, -0.05) is 24.3 Å². The largest absolute Gasteiger partial charge is 0.496 e. The molecule has 25 heavy (non-hydrogen) atoms. The molecule has 0 aliphatic rings. The number of anilines is 1. The van der Waals surface area contributed by atoms with Gasteiger partial charge in [0, 0.05) is 30.3 Å². The van der Waals surface area contributed by atoms with Gasteiger partial charge in [-0.3, -0.25) is 0 Å². The van der Waals surface area contributed by atoms with Crippen LogP contribution in [0.4, 0.5) is 10.5 Å². The van der Waals surface area contributed by atoms with Gasteiger partial charge in [0.15, 0.2) is 0 Å². The standard InChI is InChI=1S/C20H21N3O2/c1-25-19-10-3-2-7-16(19)11-12-21-20(24)22-17-8-6-9-18(15-17)23-13-4-5-14-23/h2-10,13-15H,11-12H2,1H3,(H2,21,22,24). The summed E-state index contributed by atoms with van der Waals surface area (Å²) in [5, 5.41) is 5.74. The lowest BCUT2D eigenvalue weighted by atomic mass is 10.1. The first kappa shape index (κ1) is 16.6. The molecule has 0 spiro atoms. The fourth-order valence-electron chi connectivity index (χ4n) is 2.65. The van der Waals surface area contributed by atoms with Crippen LogP contribution in [0, 0.1) is 0 Å². The van der Waals surface area contributed by atoms with E-state index in [1.54, 1.807) is 7.11 Å². The van der Waals surface area contributed by atoms with Gasteiger partial charge in [-0.25, -0.2) is 4.79 Å². The fourth-order valence-corrected chi connectivity index (χ4v) is 2.65. The minimum atomic E-state index is -0.223. The van der Waals surface area contributed by atoms with E-state index < -0.39 is 0 Å². The van der Waals surface area contributed by atoms with E-state index in [0.717, 1.165) is 22.7 Å². The van der Waals surface area contributed by atoms with Crippen molar-refractivity contribution in [3.63, 3.8) is 0 Å². The number of para-hydroxylation sites is 1. The Kier molecular flexibility index (Phi) is 5.36. The summed E-state index contributed by atoms with van der Waals surface area (Å²) >= 11 is 0. The van der Waals surface area contributed by atoms with Crippen LogP contribution in [-0.4, -0.2) is 24.3 Å². The zero-order valence-electron chi connectivity index (χ0n) is 14.1. The number of nitrogens with zero attached hydrogens (tertiary/aromatic N) is 1. The second-order valence-corrected chi connectivity index (χ2v) is 5.58. The molecule has 5 heteroatoms. The Labute approximate surface area is 147 Å². The number of ether oxygens (including phenoxy) is 1. The Morgan fingerprint density at radius 2 is 1.84 bits per heavy atom. The minimum absolute atomic E-state index is 0.223. The average Bonchev–Trinajstić information content (AvgIpc) is 3.17. The Morgan fingerprint density at radius 3 is 2.64 bits per heavy atom. The summed E-state index contributed by atoms with van der Waals surface area (Å²) in [4.78, 5) is 12.1. The first-order chi connectivity index (χ1) is 12.3. The molecule has 0 saturated heterocycles. The van der Waals surface area contributed by atoms with E-state index in [9.17, 15) is 4.79 Å². The molecule has 0 atom stereocenters. The van der Waals surface area contributed by atoms with Crippen molar-refractivity contribution in [1.82, 2.24) is 9.88 Å². The predicted molar refractivity (Wildman–Crippen MR) is 99.5 cm³/mol. The SMILES string of the molecule is COc1ccccc1CCNC(=O)Nc1cccc(-n2cccc2)c1. The predicted octanol–water partition coefficient (Wildman–Crippen LogP) is 3.85. The molecule has 2 amide bonds. The van der Waals surface area contributed by atoms with E-state index >= 15 is 0 Å². The first-order valence-electron chi connectivity index (χ1n) is 8.16. The minimum Gasteiger partial charge on any atom is -0.496 e. The molecule has 2 N–H and O–H groups in total. The number of amides is 2. The van der Waals surface area contributed by atoms with E-state index in [1.165, 1.54) is 0 Å². The number of carbonyl (C=O) groups excluding carboxylic acids is 1. The maximum Gasteiger partial charge on any atom is 0.319 e. The van der Waals surface area contributed by atoms with E-state index in [1.807, 2.05) is 77.6 Å². The molecule has 0 saturated carbocycles. The molecule has 0 bridgehead atoms. The van der Waals surface area contributed by atoms with Crippen LogP contribution < -0.4 is 15.4 Å². The molecule has 0 unspecified atom stereocenters. The van der Waals surface area contributed by atoms with Crippen molar-refractivity contribution in [2.75, 3.05) is 19.0 Å². The Bertz CT molecular complexity index is 828. The van der Waals surface area contributed by atoms with Crippen LogP contribution >= 0.6 is 0 Å². The lowest BCUT2D eigenvalue weighted by Crippen LogP contribution is -2.30. The number of urea groups is 1.